The highest BCUT2D eigenvalue weighted by Crippen LogP contribution is 2.44. The number of carboxylic acid groups (broad SMARTS) is 1. The Morgan fingerprint density at radius 3 is 2.14 bits per heavy atom. The molecule has 0 radical (unpaired) electrons. The number of carbonyl (C=O) groups is 3. The molecule has 35 heavy (non-hydrogen) atoms. The zero-order valence-corrected chi connectivity index (χ0v) is 19.9. The molecule has 2 aliphatic carbocycles. The van der Waals surface area contributed by atoms with E-state index in [2.05, 4.69) is 34.9 Å². The van der Waals surface area contributed by atoms with Gasteiger partial charge in [-0.3, -0.25) is 9.59 Å². The van der Waals surface area contributed by atoms with Crippen LogP contribution in [0.2, 0.25) is 0 Å². The molecule has 1 saturated carbocycles. The van der Waals surface area contributed by atoms with Gasteiger partial charge in [0.1, 0.15) is 6.61 Å². The van der Waals surface area contributed by atoms with Crippen molar-refractivity contribution in [1.82, 2.24) is 10.6 Å². The van der Waals surface area contributed by atoms with Crippen molar-refractivity contribution in [3.05, 3.63) is 59.7 Å². The van der Waals surface area contributed by atoms with Crippen LogP contribution in [0.15, 0.2) is 48.5 Å². The number of rotatable bonds is 12. The number of alkyl carbamates (subject to hydrolysis) is 1. The summed E-state index contributed by atoms with van der Waals surface area (Å²) in [5.74, 6) is -0.751. The first kappa shape index (κ1) is 24.7. The standard InChI is InChI=1S/C27H32N2O6/c1-34-19(13-26(31)32)15-28-25(30)12-18(17-10-11-17)14-29-27(33)35-16-24-22-8-4-2-6-20(22)21-7-3-5-9-23(21)24/h2-9,17-19,24H,10-16H2,1H3,(H,28,30)(H,29,33)(H,31,32). The van der Waals surface area contributed by atoms with Crippen LogP contribution in [0.1, 0.15) is 42.7 Å². The molecule has 3 N–H and O–H groups in total. The summed E-state index contributed by atoms with van der Waals surface area (Å²) in [5, 5.41) is 14.5. The van der Waals surface area contributed by atoms with Crippen LogP contribution in [-0.4, -0.2) is 56.0 Å². The van der Waals surface area contributed by atoms with E-state index in [1.807, 2.05) is 24.3 Å². The Labute approximate surface area is 205 Å². The first-order chi connectivity index (χ1) is 17.0. The lowest BCUT2D eigenvalue weighted by molar-refractivity contribution is -0.140. The maximum Gasteiger partial charge on any atom is 0.407 e. The minimum Gasteiger partial charge on any atom is -0.481 e. The zero-order chi connectivity index (χ0) is 24.8. The number of benzene rings is 2. The molecule has 186 valence electrons. The third-order valence-electron chi connectivity index (χ3n) is 6.85. The van der Waals surface area contributed by atoms with Gasteiger partial charge >= 0.3 is 12.1 Å². The molecule has 0 spiro atoms. The summed E-state index contributed by atoms with van der Waals surface area (Å²) in [5.41, 5.74) is 4.67. The van der Waals surface area contributed by atoms with Gasteiger partial charge in [0, 0.05) is 32.5 Å². The maximum absolute atomic E-state index is 12.5. The van der Waals surface area contributed by atoms with E-state index in [0.717, 1.165) is 24.0 Å². The van der Waals surface area contributed by atoms with Gasteiger partial charge in [-0.15, -0.1) is 0 Å². The highest BCUT2D eigenvalue weighted by molar-refractivity contribution is 5.79. The van der Waals surface area contributed by atoms with Gasteiger partial charge in [0.25, 0.3) is 0 Å². The van der Waals surface area contributed by atoms with Gasteiger partial charge in [0.05, 0.1) is 12.5 Å². The number of nitrogens with one attached hydrogen (secondary N) is 2. The average molecular weight is 481 g/mol. The molecule has 2 atom stereocenters. The van der Waals surface area contributed by atoms with Crippen molar-refractivity contribution in [2.75, 3.05) is 26.8 Å². The van der Waals surface area contributed by atoms with E-state index in [1.54, 1.807) is 0 Å². The quantitative estimate of drug-likeness (QED) is 0.428. The second-order valence-electron chi connectivity index (χ2n) is 9.27. The molecule has 8 heteroatoms. The van der Waals surface area contributed by atoms with Gasteiger partial charge in [-0.05, 0) is 46.9 Å². The molecule has 2 aliphatic rings. The molecular weight excluding hydrogens is 448 g/mol. The molecule has 0 saturated heterocycles. The summed E-state index contributed by atoms with van der Waals surface area (Å²) >= 11 is 0. The number of carbonyl (C=O) groups excluding carboxylic acids is 2. The molecule has 0 heterocycles. The highest BCUT2D eigenvalue weighted by Gasteiger charge is 2.33. The molecule has 1 fully saturated rings. The SMILES string of the molecule is COC(CNC(=O)CC(CNC(=O)OCC1c2ccccc2-c2ccccc21)C1CC1)CC(=O)O. The molecule has 2 unspecified atom stereocenters. The van der Waals surface area contributed by atoms with E-state index in [1.165, 1.54) is 18.2 Å². The fourth-order valence-electron chi connectivity index (χ4n) is 4.81. The fraction of sp³-hybridized carbons (Fsp3) is 0.444. The lowest BCUT2D eigenvalue weighted by Crippen LogP contribution is -2.38. The van der Waals surface area contributed by atoms with Crippen molar-refractivity contribution in [1.29, 1.82) is 0 Å². The number of carboxylic acids is 1. The zero-order valence-electron chi connectivity index (χ0n) is 19.9. The lowest BCUT2D eigenvalue weighted by Gasteiger charge is -2.19. The summed E-state index contributed by atoms with van der Waals surface area (Å²) in [4.78, 5) is 35.8. The molecule has 0 aliphatic heterocycles. The van der Waals surface area contributed by atoms with Gasteiger partial charge in [-0.25, -0.2) is 4.79 Å². The Morgan fingerprint density at radius 2 is 1.57 bits per heavy atom. The Kier molecular flexibility index (Phi) is 8.02. The smallest absolute Gasteiger partial charge is 0.407 e. The summed E-state index contributed by atoms with van der Waals surface area (Å²) in [7, 11) is 1.42. The van der Waals surface area contributed by atoms with Gasteiger partial charge in [-0.2, -0.15) is 0 Å². The number of hydrogen-bond acceptors (Lipinski definition) is 5. The molecule has 2 amide bonds. The summed E-state index contributed by atoms with van der Waals surface area (Å²) < 4.78 is 10.7. The van der Waals surface area contributed by atoms with E-state index in [0.29, 0.717) is 12.5 Å². The van der Waals surface area contributed by atoms with Crippen molar-refractivity contribution >= 4 is 18.0 Å². The van der Waals surface area contributed by atoms with Crippen LogP contribution >= 0.6 is 0 Å². The molecule has 0 aromatic heterocycles. The Morgan fingerprint density at radius 1 is 0.943 bits per heavy atom. The van der Waals surface area contributed by atoms with Gasteiger partial charge in [0.2, 0.25) is 5.91 Å². The number of fused-ring (bicyclic) bond motifs is 3. The van der Waals surface area contributed by atoms with Crippen LogP contribution < -0.4 is 10.6 Å². The molecule has 8 nitrogen and oxygen atoms in total. The molecular formula is C27H32N2O6. The van der Waals surface area contributed by atoms with Crippen LogP contribution in [0.25, 0.3) is 11.1 Å². The number of amides is 2. The van der Waals surface area contributed by atoms with E-state index in [-0.39, 0.29) is 43.7 Å². The van der Waals surface area contributed by atoms with Crippen LogP contribution in [0.5, 0.6) is 0 Å². The predicted molar refractivity (Wildman–Crippen MR) is 130 cm³/mol. The van der Waals surface area contributed by atoms with Crippen molar-refractivity contribution in [3.63, 3.8) is 0 Å². The average Bonchev–Trinajstić information content (AvgIpc) is 3.65. The largest absolute Gasteiger partial charge is 0.481 e. The van der Waals surface area contributed by atoms with Gasteiger partial charge in [-0.1, -0.05) is 48.5 Å². The monoisotopic (exact) mass is 480 g/mol. The van der Waals surface area contributed by atoms with Gasteiger partial charge in [0.15, 0.2) is 0 Å². The van der Waals surface area contributed by atoms with Crippen LogP contribution in [-0.2, 0) is 19.1 Å². The van der Waals surface area contributed by atoms with E-state index in [9.17, 15) is 14.4 Å². The van der Waals surface area contributed by atoms with Gasteiger partial charge < -0.3 is 25.2 Å². The second kappa shape index (κ2) is 11.4. The number of hydrogen-bond donors (Lipinski definition) is 3. The summed E-state index contributed by atoms with van der Waals surface area (Å²) in [6.07, 6.45) is 1.09. The Bertz CT molecular complexity index is 1020. The van der Waals surface area contributed by atoms with Crippen LogP contribution in [0.4, 0.5) is 4.79 Å². The van der Waals surface area contributed by atoms with Crippen molar-refractivity contribution < 1.29 is 29.0 Å². The molecule has 2 aromatic rings. The maximum atomic E-state index is 12.5. The minimum absolute atomic E-state index is 0.00214. The summed E-state index contributed by atoms with van der Waals surface area (Å²) in [6.45, 7) is 0.743. The van der Waals surface area contributed by atoms with Crippen LogP contribution in [0, 0.1) is 11.8 Å². The van der Waals surface area contributed by atoms with Crippen molar-refractivity contribution in [2.24, 2.45) is 11.8 Å². The molecule has 0 bridgehead atoms. The Hall–Kier alpha value is -3.39. The highest BCUT2D eigenvalue weighted by atomic mass is 16.5. The second-order valence-corrected chi connectivity index (χ2v) is 9.27. The first-order valence-corrected chi connectivity index (χ1v) is 12.1. The number of methoxy groups -OCH3 is 1. The fourth-order valence-corrected chi connectivity index (χ4v) is 4.81. The lowest BCUT2D eigenvalue weighted by atomic mass is 9.98. The molecule has 4 rings (SSSR count). The third-order valence-corrected chi connectivity index (χ3v) is 6.85. The van der Waals surface area contributed by atoms with Crippen LogP contribution in [0.3, 0.4) is 0 Å². The van der Waals surface area contributed by atoms with E-state index >= 15 is 0 Å². The topological polar surface area (TPSA) is 114 Å². The Balaban J connectivity index is 1.25. The number of ether oxygens (including phenoxy) is 2. The minimum atomic E-state index is -0.978. The first-order valence-electron chi connectivity index (χ1n) is 12.1. The normalized spacial score (nSPS) is 16.0. The van der Waals surface area contributed by atoms with E-state index < -0.39 is 18.2 Å². The third kappa shape index (κ3) is 6.39. The van der Waals surface area contributed by atoms with Crippen molar-refractivity contribution in [3.8, 4) is 11.1 Å². The molecule has 2 aromatic carbocycles. The predicted octanol–water partition coefficient (Wildman–Crippen LogP) is 3.55. The summed E-state index contributed by atoms with van der Waals surface area (Å²) in [6, 6.07) is 16.4. The van der Waals surface area contributed by atoms with Crippen molar-refractivity contribution in [2.45, 2.75) is 37.7 Å². The van der Waals surface area contributed by atoms with E-state index in [4.69, 9.17) is 14.6 Å². The number of aliphatic carboxylic acids is 1.